The highest BCUT2D eigenvalue weighted by atomic mass is 35.5. The molecule has 114 valence electrons. The molecule has 0 aliphatic heterocycles. The van der Waals surface area contributed by atoms with Crippen LogP contribution in [0.4, 0.5) is 11.4 Å². The summed E-state index contributed by atoms with van der Waals surface area (Å²) >= 11 is 5.73. The third kappa shape index (κ3) is 4.60. The summed E-state index contributed by atoms with van der Waals surface area (Å²) in [6, 6.07) is 3.91. The highest BCUT2D eigenvalue weighted by Gasteiger charge is 2.24. The quantitative estimate of drug-likeness (QED) is 0.444. The molecule has 0 radical (unpaired) electrons. The van der Waals surface area contributed by atoms with Crippen LogP contribution in [0.3, 0.4) is 0 Å². The molecule has 0 atom stereocenters. The van der Waals surface area contributed by atoms with Crippen molar-refractivity contribution in [2.45, 2.75) is 0 Å². The van der Waals surface area contributed by atoms with E-state index in [0.29, 0.717) is 0 Å². The van der Waals surface area contributed by atoms with E-state index in [4.69, 9.17) is 11.6 Å². The maximum absolute atomic E-state index is 11.4. The first-order chi connectivity index (χ1) is 9.88. The summed E-state index contributed by atoms with van der Waals surface area (Å²) in [4.78, 5) is 34.4. The second kappa shape index (κ2) is 7.44. The van der Waals surface area contributed by atoms with Crippen LogP contribution in [0.15, 0.2) is 18.2 Å². The molecule has 9 heteroatoms. The highest BCUT2D eigenvalue weighted by Crippen LogP contribution is 2.31. The van der Waals surface area contributed by atoms with E-state index in [1.165, 1.54) is 31.3 Å². The number of hydrogen-bond donors (Lipinski definition) is 0. The summed E-state index contributed by atoms with van der Waals surface area (Å²) in [6.07, 6.45) is 0. The molecule has 0 aliphatic carbocycles. The van der Waals surface area contributed by atoms with Gasteiger partial charge in [0.15, 0.2) is 0 Å². The van der Waals surface area contributed by atoms with Crippen LogP contribution in [0.2, 0.25) is 5.02 Å². The third-order valence-electron chi connectivity index (χ3n) is 2.57. The van der Waals surface area contributed by atoms with E-state index in [1.54, 1.807) is 0 Å². The van der Waals surface area contributed by atoms with Gasteiger partial charge in [-0.3, -0.25) is 19.7 Å². The number of anilines is 1. The summed E-state index contributed by atoms with van der Waals surface area (Å²) in [5, 5.41) is 11.2. The molecule has 0 aromatic heterocycles. The lowest BCUT2D eigenvalue weighted by Crippen LogP contribution is -2.36. The largest absolute Gasteiger partial charge is 0.468 e. The molecule has 0 spiro atoms. The number of methoxy groups -OCH3 is 2. The van der Waals surface area contributed by atoms with Crippen LogP contribution in [-0.2, 0) is 19.1 Å². The average Bonchev–Trinajstić information content (AvgIpc) is 2.45. The molecule has 1 rings (SSSR count). The zero-order valence-corrected chi connectivity index (χ0v) is 12.1. The highest BCUT2D eigenvalue weighted by molar-refractivity contribution is 6.30. The van der Waals surface area contributed by atoms with E-state index >= 15 is 0 Å². The van der Waals surface area contributed by atoms with Gasteiger partial charge in [0, 0.05) is 11.1 Å². The van der Waals surface area contributed by atoms with E-state index in [2.05, 4.69) is 9.47 Å². The fourth-order valence-corrected chi connectivity index (χ4v) is 1.74. The maximum atomic E-state index is 11.4. The SMILES string of the molecule is COC(=O)CN(CC(=O)OC)c1ccc(Cl)cc1[N+](=O)[O-]. The number of benzene rings is 1. The first-order valence-corrected chi connectivity index (χ1v) is 6.09. The fourth-order valence-electron chi connectivity index (χ4n) is 1.58. The Bertz CT molecular complexity index is 545. The number of nitrogens with zero attached hydrogens (tertiary/aromatic N) is 2. The van der Waals surface area contributed by atoms with E-state index < -0.39 is 16.9 Å². The molecule has 0 unspecified atom stereocenters. The minimum Gasteiger partial charge on any atom is -0.468 e. The average molecular weight is 317 g/mol. The molecule has 0 saturated heterocycles. The lowest BCUT2D eigenvalue weighted by Gasteiger charge is -2.21. The number of ether oxygens (including phenoxy) is 2. The number of halogens is 1. The number of rotatable bonds is 6. The minimum absolute atomic E-state index is 0.0696. The Labute approximate surface area is 125 Å². The molecule has 0 saturated carbocycles. The van der Waals surface area contributed by atoms with E-state index in [9.17, 15) is 19.7 Å². The number of esters is 2. The van der Waals surface area contributed by atoms with Crippen molar-refractivity contribution in [3.8, 4) is 0 Å². The number of carbonyl (C=O) groups excluding carboxylic acids is 2. The molecule has 1 aromatic rings. The Morgan fingerprint density at radius 2 is 1.76 bits per heavy atom. The van der Waals surface area contributed by atoms with E-state index in [1.807, 2.05) is 0 Å². The summed E-state index contributed by atoms with van der Waals surface area (Å²) in [6.45, 7) is -0.678. The molecular weight excluding hydrogens is 304 g/mol. The van der Waals surface area contributed by atoms with Crippen LogP contribution in [0.1, 0.15) is 0 Å². The zero-order chi connectivity index (χ0) is 16.0. The van der Waals surface area contributed by atoms with Gasteiger partial charge in [-0.05, 0) is 12.1 Å². The molecule has 21 heavy (non-hydrogen) atoms. The Balaban J connectivity index is 3.21. The van der Waals surface area contributed by atoms with Gasteiger partial charge in [-0.15, -0.1) is 0 Å². The van der Waals surface area contributed by atoms with Crippen molar-refractivity contribution in [3.63, 3.8) is 0 Å². The van der Waals surface area contributed by atoms with Gasteiger partial charge < -0.3 is 14.4 Å². The van der Waals surface area contributed by atoms with Crippen molar-refractivity contribution in [3.05, 3.63) is 33.3 Å². The second-order valence-electron chi connectivity index (χ2n) is 3.90. The van der Waals surface area contributed by atoms with Crippen molar-refractivity contribution in [2.75, 3.05) is 32.2 Å². The molecule has 0 bridgehead atoms. The zero-order valence-electron chi connectivity index (χ0n) is 11.4. The van der Waals surface area contributed by atoms with Crippen molar-refractivity contribution in [1.82, 2.24) is 0 Å². The Morgan fingerprint density at radius 1 is 1.24 bits per heavy atom. The lowest BCUT2D eigenvalue weighted by atomic mass is 10.2. The number of carbonyl (C=O) groups is 2. The minimum atomic E-state index is -0.650. The Hall–Kier alpha value is -2.35. The predicted molar refractivity (Wildman–Crippen MR) is 74.4 cm³/mol. The molecule has 0 N–H and O–H groups in total. The lowest BCUT2D eigenvalue weighted by molar-refractivity contribution is -0.384. The van der Waals surface area contributed by atoms with Crippen LogP contribution >= 0.6 is 11.6 Å². The monoisotopic (exact) mass is 316 g/mol. The van der Waals surface area contributed by atoms with Gasteiger partial charge in [-0.1, -0.05) is 11.6 Å². The number of hydrogen-bond acceptors (Lipinski definition) is 7. The van der Waals surface area contributed by atoms with E-state index in [0.717, 1.165) is 6.07 Å². The maximum Gasteiger partial charge on any atom is 0.325 e. The summed E-state index contributed by atoms with van der Waals surface area (Å²) < 4.78 is 9.03. The fraction of sp³-hybridized carbons (Fsp3) is 0.333. The van der Waals surface area contributed by atoms with Gasteiger partial charge in [0.05, 0.1) is 19.1 Å². The number of nitro groups is 1. The van der Waals surface area contributed by atoms with Gasteiger partial charge in [-0.2, -0.15) is 0 Å². The summed E-state index contributed by atoms with van der Waals surface area (Å²) in [5.41, 5.74) is -0.254. The Morgan fingerprint density at radius 3 is 2.19 bits per heavy atom. The first kappa shape index (κ1) is 16.7. The van der Waals surface area contributed by atoms with Crippen molar-refractivity contribution in [2.24, 2.45) is 0 Å². The van der Waals surface area contributed by atoms with E-state index in [-0.39, 0.29) is 29.5 Å². The predicted octanol–water partition coefficient (Wildman–Crippen LogP) is 1.40. The van der Waals surface area contributed by atoms with Crippen LogP contribution < -0.4 is 4.90 Å². The van der Waals surface area contributed by atoms with Gasteiger partial charge >= 0.3 is 11.9 Å². The third-order valence-corrected chi connectivity index (χ3v) is 2.81. The number of nitro benzene ring substituents is 1. The molecule has 1 aromatic carbocycles. The molecule has 0 fully saturated rings. The molecular formula is C12H13ClN2O6. The van der Waals surface area contributed by atoms with Gasteiger partial charge in [0.25, 0.3) is 5.69 Å². The van der Waals surface area contributed by atoms with Crippen molar-refractivity contribution >= 4 is 34.9 Å². The van der Waals surface area contributed by atoms with Crippen molar-refractivity contribution < 1.29 is 24.0 Å². The topological polar surface area (TPSA) is 99.0 Å². The Kier molecular flexibility index (Phi) is 5.92. The standard InChI is InChI=1S/C12H13ClN2O6/c1-20-11(16)6-14(7-12(17)21-2)9-4-3-8(13)5-10(9)15(18)19/h3-5H,6-7H2,1-2H3. The van der Waals surface area contributed by atoms with Crippen LogP contribution in [0, 0.1) is 10.1 Å². The normalized spacial score (nSPS) is 9.86. The van der Waals surface area contributed by atoms with Gasteiger partial charge in [0.1, 0.15) is 18.8 Å². The molecule has 0 heterocycles. The second-order valence-corrected chi connectivity index (χ2v) is 4.33. The smallest absolute Gasteiger partial charge is 0.325 e. The molecule has 0 amide bonds. The first-order valence-electron chi connectivity index (χ1n) is 5.71. The summed E-state index contributed by atoms with van der Waals surface area (Å²) in [7, 11) is 2.35. The summed E-state index contributed by atoms with van der Waals surface area (Å²) in [5.74, 6) is -1.30. The van der Waals surface area contributed by atoms with Crippen LogP contribution in [0.5, 0.6) is 0 Å². The van der Waals surface area contributed by atoms with Crippen molar-refractivity contribution in [1.29, 1.82) is 0 Å². The molecule has 0 aliphatic rings. The van der Waals surface area contributed by atoms with Gasteiger partial charge in [0.2, 0.25) is 0 Å². The van der Waals surface area contributed by atoms with Crippen LogP contribution in [-0.4, -0.2) is 44.2 Å². The van der Waals surface area contributed by atoms with Gasteiger partial charge in [-0.25, -0.2) is 0 Å². The molecule has 8 nitrogen and oxygen atoms in total. The van der Waals surface area contributed by atoms with Crippen LogP contribution in [0.25, 0.3) is 0 Å².